The number of rotatable bonds is 0. The van der Waals surface area contributed by atoms with Gasteiger partial charge in [-0.05, 0) is 28.1 Å². The van der Waals surface area contributed by atoms with E-state index in [2.05, 4.69) is 15.9 Å². The normalized spacial score (nSPS) is 14.3. The fourth-order valence-electron chi connectivity index (χ4n) is 1.12. The maximum absolute atomic E-state index is 11.0. The van der Waals surface area contributed by atoms with E-state index >= 15 is 0 Å². The Bertz CT molecular complexity index is 362. The van der Waals surface area contributed by atoms with Crippen LogP contribution in [0.3, 0.4) is 0 Å². The first-order valence-electron chi connectivity index (χ1n) is 3.33. The van der Waals surface area contributed by atoms with E-state index in [1.165, 1.54) is 0 Å². The molecule has 12 heavy (non-hydrogen) atoms. The number of cyclic esters (lactones) is 1. The minimum atomic E-state index is -0.276. The summed E-state index contributed by atoms with van der Waals surface area (Å²) in [7, 11) is 0. The van der Waals surface area contributed by atoms with Crippen LogP contribution in [0, 0.1) is 0 Å². The number of benzene rings is 1. The van der Waals surface area contributed by atoms with Gasteiger partial charge in [0.05, 0.1) is 10.6 Å². The molecule has 4 heteroatoms. The first-order chi connectivity index (χ1) is 5.68. The maximum atomic E-state index is 11.0. The highest BCUT2D eigenvalue weighted by atomic mass is 79.9. The van der Waals surface area contributed by atoms with Crippen LogP contribution in [0.4, 0.5) is 0 Å². The van der Waals surface area contributed by atoms with Crippen molar-refractivity contribution < 1.29 is 9.53 Å². The fourth-order valence-corrected chi connectivity index (χ4v) is 1.65. The van der Waals surface area contributed by atoms with E-state index in [1.807, 2.05) is 0 Å². The molecule has 1 aromatic rings. The molecular weight excluding hydrogens is 243 g/mol. The summed E-state index contributed by atoms with van der Waals surface area (Å²) in [6, 6.07) is 3.43. The van der Waals surface area contributed by atoms with Gasteiger partial charge in [-0.1, -0.05) is 11.6 Å². The van der Waals surface area contributed by atoms with Gasteiger partial charge in [0.2, 0.25) is 0 Å². The molecule has 1 heterocycles. The molecule has 0 amide bonds. The van der Waals surface area contributed by atoms with Crippen LogP contribution in [0.25, 0.3) is 0 Å². The molecule has 0 aliphatic carbocycles. The molecule has 2 rings (SSSR count). The predicted molar refractivity (Wildman–Crippen MR) is 48.3 cm³/mol. The predicted octanol–water partition coefficient (Wildman–Crippen LogP) is 2.77. The summed E-state index contributed by atoms with van der Waals surface area (Å²) in [5.41, 5.74) is 1.46. The van der Waals surface area contributed by atoms with Gasteiger partial charge in [-0.3, -0.25) is 0 Å². The van der Waals surface area contributed by atoms with Gasteiger partial charge in [0.1, 0.15) is 6.61 Å². The van der Waals surface area contributed by atoms with Gasteiger partial charge in [0, 0.05) is 10.0 Å². The Morgan fingerprint density at radius 2 is 2.25 bits per heavy atom. The maximum Gasteiger partial charge on any atom is 0.338 e. The number of ether oxygens (including phenoxy) is 1. The third-order valence-electron chi connectivity index (χ3n) is 1.72. The molecule has 0 radical (unpaired) electrons. The van der Waals surface area contributed by atoms with E-state index in [4.69, 9.17) is 16.3 Å². The molecule has 1 aliphatic rings. The van der Waals surface area contributed by atoms with E-state index in [-0.39, 0.29) is 5.97 Å². The Balaban J connectivity index is 2.63. The molecule has 62 valence electrons. The third-order valence-corrected chi connectivity index (χ3v) is 2.92. The van der Waals surface area contributed by atoms with Crippen molar-refractivity contribution >= 4 is 33.5 Å². The van der Waals surface area contributed by atoms with Crippen LogP contribution >= 0.6 is 27.5 Å². The summed E-state index contributed by atoms with van der Waals surface area (Å²) in [6.45, 7) is 0.334. The molecule has 1 aliphatic heterocycles. The molecule has 0 saturated carbocycles. The summed E-state index contributed by atoms with van der Waals surface area (Å²) in [5, 5.41) is 0.604. The number of hydrogen-bond acceptors (Lipinski definition) is 2. The Kier molecular flexibility index (Phi) is 1.85. The molecule has 0 N–H and O–H groups in total. The molecule has 0 saturated heterocycles. The Morgan fingerprint density at radius 3 is 3.00 bits per heavy atom. The highest BCUT2D eigenvalue weighted by molar-refractivity contribution is 9.10. The van der Waals surface area contributed by atoms with Crippen LogP contribution in [0.2, 0.25) is 5.02 Å². The van der Waals surface area contributed by atoms with E-state index in [0.29, 0.717) is 17.2 Å². The Morgan fingerprint density at radius 1 is 1.50 bits per heavy atom. The molecule has 1 aromatic carbocycles. The molecule has 0 unspecified atom stereocenters. The lowest BCUT2D eigenvalue weighted by Crippen LogP contribution is -1.93. The van der Waals surface area contributed by atoms with Crippen molar-refractivity contribution in [1.29, 1.82) is 0 Å². The minimum Gasteiger partial charge on any atom is -0.457 e. The lowest BCUT2D eigenvalue weighted by molar-refractivity contribution is 0.0535. The average molecular weight is 247 g/mol. The van der Waals surface area contributed by atoms with Gasteiger partial charge in [-0.15, -0.1) is 0 Å². The number of esters is 1. The lowest BCUT2D eigenvalue weighted by atomic mass is 10.1. The van der Waals surface area contributed by atoms with Crippen LogP contribution in [0.1, 0.15) is 15.9 Å². The molecule has 0 atom stereocenters. The quantitative estimate of drug-likeness (QED) is 0.659. The summed E-state index contributed by atoms with van der Waals surface area (Å²) in [5.74, 6) is -0.276. The number of fused-ring (bicyclic) bond motifs is 1. The zero-order valence-electron chi connectivity index (χ0n) is 5.93. The Hall–Kier alpha value is -0.540. The monoisotopic (exact) mass is 246 g/mol. The second kappa shape index (κ2) is 2.75. The zero-order valence-corrected chi connectivity index (χ0v) is 8.28. The van der Waals surface area contributed by atoms with Crippen molar-refractivity contribution in [3.05, 3.63) is 32.8 Å². The molecule has 2 nitrogen and oxygen atoms in total. The van der Waals surface area contributed by atoms with Gasteiger partial charge < -0.3 is 4.74 Å². The molecular formula is C8H4BrClO2. The molecule has 0 fully saturated rings. The number of carbonyl (C=O) groups excluding carboxylic acids is 1. The second-order valence-electron chi connectivity index (χ2n) is 2.50. The second-order valence-corrected chi connectivity index (χ2v) is 3.76. The third kappa shape index (κ3) is 1.13. The van der Waals surface area contributed by atoms with Crippen molar-refractivity contribution in [3.8, 4) is 0 Å². The SMILES string of the molecule is O=C1OCc2cc(Cl)c(Br)cc21. The van der Waals surface area contributed by atoms with Gasteiger partial charge in [-0.2, -0.15) is 0 Å². The Labute approximate surface area is 82.6 Å². The van der Waals surface area contributed by atoms with Crippen molar-refractivity contribution in [3.63, 3.8) is 0 Å². The van der Waals surface area contributed by atoms with Crippen molar-refractivity contribution in [1.82, 2.24) is 0 Å². The van der Waals surface area contributed by atoms with Gasteiger partial charge >= 0.3 is 5.97 Å². The summed E-state index contributed by atoms with van der Waals surface area (Å²) in [6.07, 6.45) is 0. The van der Waals surface area contributed by atoms with Crippen LogP contribution in [-0.4, -0.2) is 5.97 Å². The average Bonchev–Trinajstić information content (AvgIpc) is 2.35. The topological polar surface area (TPSA) is 26.3 Å². The number of hydrogen-bond donors (Lipinski definition) is 0. The van der Waals surface area contributed by atoms with Crippen LogP contribution < -0.4 is 0 Å². The lowest BCUT2D eigenvalue weighted by Gasteiger charge is -1.97. The van der Waals surface area contributed by atoms with Crippen LogP contribution in [0.5, 0.6) is 0 Å². The first-order valence-corrected chi connectivity index (χ1v) is 4.50. The van der Waals surface area contributed by atoms with E-state index in [0.717, 1.165) is 10.0 Å². The van der Waals surface area contributed by atoms with Crippen LogP contribution in [-0.2, 0) is 11.3 Å². The largest absolute Gasteiger partial charge is 0.457 e. The standard InChI is InChI=1S/C8H4BrClO2/c9-6-2-5-4(1-7(6)10)3-12-8(5)11/h1-2H,3H2. The van der Waals surface area contributed by atoms with Crippen molar-refractivity contribution in [2.24, 2.45) is 0 Å². The van der Waals surface area contributed by atoms with E-state index in [1.54, 1.807) is 12.1 Å². The van der Waals surface area contributed by atoms with Crippen molar-refractivity contribution in [2.45, 2.75) is 6.61 Å². The number of carbonyl (C=O) groups is 1. The molecule has 0 spiro atoms. The van der Waals surface area contributed by atoms with E-state index in [9.17, 15) is 4.79 Å². The zero-order chi connectivity index (χ0) is 8.72. The number of halogens is 2. The van der Waals surface area contributed by atoms with Gasteiger partial charge in [-0.25, -0.2) is 4.79 Å². The highest BCUT2D eigenvalue weighted by Crippen LogP contribution is 2.30. The summed E-state index contributed by atoms with van der Waals surface area (Å²) >= 11 is 9.06. The molecule has 0 aromatic heterocycles. The van der Waals surface area contributed by atoms with Crippen LogP contribution in [0.15, 0.2) is 16.6 Å². The minimum absolute atomic E-state index is 0.276. The van der Waals surface area contributed by atoms with Gasteiger partial charge in [0.25, 0.3) is 0 Å². The fraction of sp³-hybridized carbons (Fsp3) is 0.125. The summed E-state index contributed by atoms with van der Waals surface area (Å²) < 4.78 is 5.54. The first kappa shape index (κ1) is 8.08. The van der Waals surface area contributed by atoms with E-state index < -0.39 is 0 Å². The highest BCUT2D eigenvalue weighted by Gasteiger charge is 2.22. The van der Waals surface area contributed by atoms with Crippen molar-refractivity contribution in [2.75, 3.05) is 0 Å². The summed E-state index contributed by atoms with van der Waals surface area (Å²) in [4.78, 5) is 11.0. The smallest absolute Gasteiger partial charge is 0.338 e. The molecule has 0 bridgehead atoms. The van der Waals surface area contributed by atoms with Gasteiger partial charge in [0.15, 0.2) is 0 Å².